The Morgan fingerprint density at radius 2 is 2.00 bits per heavy atom. The highest BCUT2D eigenvalue weighted by Crippen LogP contribution is 2.40. The average Bonchev–Trinajstić information content (AvgIpc) is 2.83. The number of hydrogen-bond donors (Lipinski definition) is 2. The van der Waals surface area contributed by atoms with Gasteiger partial charge >= 0.3 is 0 Å². The number of anilines is 1. The molecule has 3 rings (SSSR count). The van der Waals surface area contributed by atoms with Crippen molar-refractivity contribution in [2.24, 2.45) is 5.14 Å². The molecule has 1 aliphatic rings. The van der Waals surface area contributed by atoms with Crippen molar-refractivity contribution in [2.45, 2.75) is 22.8 Å². The molecule has 4 nitrogen and oxygen atoms in total. The number of aryl methyl sites for hydroxylation is 1. The van der Waals surface area contributed by atoms with Crippen LogP contribution >= 0.6 is 11.8 Å². The number of benzene rings is 2. The number of primary sulfonamides is 1. The number of nitrogens with two attached hydrogens (primary N) is 1. The zero-order chi connectivity index (χ0) is 15.0. The third-order valence-electron chi connectivity index (χ3n) is 3.57. The number of rotatable bonds is 3. The molecule has 1 atom stereocenters. The number of nitrogens with one attached hydrogen (secondary N) is 1. The van der Waals surface area contributed by atoms with Gasteiger partial charge in [-0.05, 0) is 36.2 Å². The van der Waals surface area contributed by atoms with Crippen LogP contribution in [0.1, 0.15) is 17.2 Å². The van der Waals surface area contributed by atoms with Gasteiger partial charge in [0.05, 0.1) is 10.9 Å². The summed E-state index contributed by atoms with van der Waals surface area (Å²) >= 11 is 1.81. The van der Waals surface area contributed by atoms with Gasteiger partial charge in [0.1, 0.15) is 0 Å². The topological polar surface area (TPSA) is 72.2 Å². The predicted octanol–water partition coefficient (Wildman–Crippen LogP) is 2.90. The van der Waals surface area contributed by atoms with Crippen molar-refractivity contribution in [1.82, 2.24) is 0 Å². The summed E-state index contributed by atoms with van der Waals surface area (Å²) < 4.78 is 23.0. The maximum absolute atomic E-state index is 11.5. The molecular weight excluding hydrogens is 304 g/mol. The van der Waals surface area contributed by atoms with Crippen molar-refractivity contribution in [3.63, 3.8) is 0 Å². The molecule has 0 aromatic heterocycles. The molecule has 6 heteroatoms. The lowest BCUT2D eigenvalue weighted by Gasteiger charge is -2.17. The first-order valence-electron chi connectivity index (χ1n) is 6.57. The molecule has 2 aromatic carbocycles. The lowest BCUT2D eigenvalue weighted by atomic mass is 10.1. The number of hydrogen-bond acceptors (Lipinski definition) is 4. The summed E-state index contributed by atoms with van der Waals surface area (Å²) in [6, 6.07) is 13.4. The van der Waals surface area contributed by atoms with Crippen LogP contribution in [-0.4, -0.2) is 14.2 Å². The van der Waals surface area contributed by atoms with Gasteiger partial charge in [0, 0.05) is 16.3 Å². The third kappa shape index (κ3) is 2.92. The smallest absolute Gasteiger partial charge is 0.238 e. The molecule has 3 N–H and O–H groups in total. The Morgan fingerprint density at radius 1 is 1.24 bits per heavy atom. The zero-order valence-electron chi connectivity index (χ0n) is 11.5. The largest absolute Gasteiger partial charge is 0.377 e. The van der Waals surface area contributed by atoms with Crippen LogP contribution in [0.2, 0.25) is 0 Å². The van der Waals surface area contributed by atoms with Crippen LogP contribution in [0.15, 0.2) is 52.3 Å². The van der Waals surface area contributed by atoms with Gasteiger partial charge in [-0.15, -0.1) is 11.8 Å². The van der Waals surface area contributed by atoms with Crippen LogP contribution in [0.5, 0.6) is 0 Å². The number of thioether (sulfide) groups is 1. The molecule has 1 aliphatic heterocycles. The highest BCUT2D eigenvalue weighted by molar-refractivity contribution is 7.99. The van der Waals surface area contributed by atoms with E-state index in [1.807, 2.05) is 19.1 Å². The number of sulfonamides is 1. The summed E-state index contributed by atoms with van der Waals surface area (Å²) in [6.07, 6.45) is 0. The summed E-state index contributed by atoms with van der Waals surface area (Å²) in [5, 5.41) is 8.64. The van der Waals surface area contributed by atoms with Crippen molar-refractivity contribution >= 4 is 27.5 Å². The molecule has 0 bridgehead atoms. The maximum atomic E-state index is 11.5. The highest BCUT2D eigenvalue weighted by Gasteiger charge is 2.23. The van der Waals surface area contributed by atoms with Gasteiger partial charge in [-0.25, -0.2) is 13.6 Å². The molecule has 0 aliphatic carbocycles. The fraction of sp³-hybridized carbons (Fsp3) is 0.200. The predicted molar refractivity (Wildman–Crippen MR) is 86.1 cm³/mol. The molecule has 21 heavy (non-hydrogen) atoms. The minimum absolute atomic E-state index is 0.134. The van der Waals surface area contributed by atoms with Crippen LogP contribution < -0.4 is 10.5 Å². The Bertz CT molecular complexity index is 788. The highest BCUT2D eigenvalue weighted by atomic mass is 32.2. The van der Waals surface area contributed by atoms with Gasteiger partial charge in [0.2, 0.25) is 10.0 Å². The first kappa shape index (κ1) is 14.4. The minimum Gasteiger partial charge on any atom is -0.377 e. The van der Waals surface area contributed by atoms with Crippen molar-refractivity contribution in [3.05, 3.63) is 53.6 Å². The monoisotopic (exact) mass is 320 g/mol. The van der Waals surface area contributed by atoms with E-state index in [2.05, 4.69) is 17.4 Å². The van der Waals surface area contributed by atoms with Gasteiger partial charge in [-0.2, -0.15) is 0 Å². The molecule has 0 fully saturated rings. The van der Waals surface area contributed by atoms with Crippen LogP contribution in [-0.2, 0) is 10.0 Å². The van der Waals surface area contributed by atoms with E-state index >= 15 is 0 Å². The summed E-state index contributed by atoms with van der Waals surface area (Å²) in [5.41, 5.74) is 3.06. The van der Waals surface area contributed by atoms with Crippen LogP contribution in [0.3, 0.4) is 0 Å². The Kier molecular flexibility index (Phi) is 3.69. The van der Waals surface area contributed by atoms with E-state index in [-0.39, 0.29) is 10.9 Å². The fourth-order valence-corrected chi connectivity index (χ4v) is 4.10. The second kappa shape index (κ2) is 5.36. The van der Waals surface area contributed by atoms with Crippen LogP contribution in [0, 0.1) is 6.92 Å². The molecule has 0 saturated carbocycles. The average molecular weight is 320 g/mol. The summed E-state index contributed by atoms with van der Waals surface area (Å²) in [4.78, 5) is 1.41. The molecule has 0 amide bonds. The molecule has 2 aromatic rings. The molecule has 0 radical (unpaired) electrons. The van der Waals surface area contributed by atoms with Gasteiger partial charge in [0.25, 0.3) is 0 Å². The van der Waals surface area contributed by atoms with Gasteiger partial charge in [-0.3, -0.25) is 0 Å². The van der Waals surface area contributed by atoms with E-state index in [1.165, 1.54) is 16.5 Å². The van der Waals surface area contributed by atoms with Crippen molar-refractivity contribution in [2.75, 3.05) is 11.1 Å². The second-order valence-corrected chi connectivity index (χ2v) is 7.69. The third-order valence-corrected chi connectivity index (χ3v) is 5.66. The molecule has 110 valence electrons. The molecular formula is C15H16N2O2S2. The van der Waals surface area contributed by atoms with Crippen molar-refractivity contribution < 1.29 is 8.42 Å². The number of fused-ring (bicyclic) bond motifs is 1. The van der Waals surface area contributed by atoms with E-state index in [4.69, 9.17) is 5.14 Å². The Balaban J connectivity index is 1.93. The summed E-state index contributed by atoms with van der Waals surface area (Å²) in [7, 11) is -3.68. The Morgan fingerprint density at radius 3 is 2.76 bits per heavy atom. The van der Waals surface area contributed by atoms with Gasteiger partial charge in [-0.1, -0.05) is 24.3 Å². The van der Waals surface area contributed by atoms with E-state index in [0.29, 0.717) is 0 Å². The van der Waals surface area contributed by atoms with Gasteiger partial charge < -0.3 is 5.32 Å². The lowest BCUT2D eigenvalue weighted by Crippen LogP contribution is -2.14. The van der Waals surface area contributed by atoms with E-state index in [1.54, 1.807) is 23.9 Å². The second-order valence-electron chi connectivity index (χ2n) is 5.07. The maximum Gasteiger partial charge on any atom is 0.238 e. The molecule has 1 heterocycles. The van der Waals surface area contributed by atoms with Crippen LogP contribution in [0.4, 0.5) is 5.69 Å². The van der Waals surface area contributed by atoms with Crippen molar-refractivity contribution in [3.8, 4) is 0 Å². The summed E-state index contributed by atoms with van der Waals surface area (Å²) in [5.74, 6) is 0.929. The summed E-state index contributed by atoms with van der Waals surface area (Å²) in [6.45, 7) is 1.95. The molecule has 1 unspecified atom stereocenters. The normalized spacial score (nSPS) is 17.5. The molecule has 0 spiro atoms. The molecule has 0 saturated heterocycles. The van der Waals surface area contributed by atoms with Crippen molar-refractivity contribution in [1.29, 1.82) is 0 Å². The van der Waals surface area contributed by atoms with Crippen LogP contribution in [0.25, 0.3) is 0 Å². The first-order valence-corrected chi connectivity index (χ1v) is 9.10. The van der Waals surface area contributed by atoms with E-state index < -0.39 is 10.0 Å². The zero-order valence-corrected chi connectivity index (χ0v) is 13.2. The minimum atomic E-state index is -3.68. The SMILES string of the molecule is Cc1ccc(S(N)(=O)=O)cc1NC1CSc2ccccc21. The Hall–Kier alpha value is -1.50. The van der Waals surface area contributed by atoms with E-state index in [0.717, 1.165) is 17.0 Å². The lowest BCUT2D eigenvalue weighted by molar-refractivity contribution is 0.598. The fourth-order valence-electron chi connectivity index (χ4n) is 2.40. The quantitative estimate of drug-likeness (QED) is 0.912. The standard InChI is InChI=1S/C15H16N2O2S2/c1-10-6-7-11(21(16,18)19)8-13(10)17-14-9-20-15-5-3-2-4-12(14)15/h2-8,14,17H,9H2,1H3,(H2,16,18,19). The van der Waals surface area contributed by atoms with E-state index in [9.17, 15) is 8.42 Å². The Labute approximate surface area is 128 Å². The van der Waals surface area contributed by atoms with Gasteiger partial charge in [0.15, 0.2) is 0 Å². The first-order chi connectivity index (χ1) is 9.95.